The van der Waals surface area contributed by atoms with E-state index in [2.05, 4.69) is 12.2 Å². The zero-order valence-corrected chi connectivity index (χ0v) is 21.6. The van der Waals surface area contributed by atoms with Crippen LogP contribution in [-0.2, 0) is 16.1 Å². The predicted molar refractivity (Wildman–Crippen MR) is 144 cm³/mol. The molecule has 0 radical (unpaired) electrons. The second-order valence-electron chi connectivity index (χ2n) is 10.3. The van der Waals surface area contributed by atoms with E-state index >= 15 is 0 Å². The normalized spacial score (nSPS) is 18.3. The quantitative estimate of drug-likeness (QED) is 0.510. The van der Waals surface area contributed by atoms with Crippen molar-refractivity contribution in [2.75, 3.05) is 20.1 Å². The molecule has 2 aliphatic rings. The molecule has 1 saturated carbocycles. The molecule has 1 N–H and O–H groups in total. The number of nitrogens with one attached hydrogen (secondary N) is 1. The van der Waals surface area contributed by atoms with Crippen LogP contribution in [0.25, 0.3) is 22.2 Å². The first kappa shape index (κ1) is 25.1. The first-order valence-electron chi connectivity index (χ1n) is 13.2. The highest BCUT2D eigenvalue weighted by molar-refractivity contribution is 6.09. The second kappa shape index (κ2) is 10.8. The molecule has 7 nitrogen and oxygen atoms in total. The summed E-state index contributed by atoms with van der Waals surface area (Å²) in [6.07, 6.45) is 5.94. The lowest BCUT2D eigenvalue weighted by Crippen LogP contribution is -2.51. The highest BCUT2D eigenvalue weighted by Crippen LogP contribution is 2.33. The van der Waals surface area contributed by atoms with E-state index in [1.807, 2.05) is 59.5 Å². The van der Waals surface area contributed by atoms with E-state index in [-0.39, 0.29) is 43.4 Å². The molecular formula is C30H34N4O3. The Kier molecular flexibility index (Phi) is 7.33. The molecule has 1 atom stereocenters. The lowest BCUT2D eigenvalue weighted by atomic mass is 9.84. The maximum absolute atomic E-state index is 14.0. The molecule has 5 rings (SSSR count). The van der Waals surface area contributed by atoms with E-state index in [1.165, 1.54) is 31.2 Å². The Bertz CT molecular complexity index is 1300. The van der Waals surface area contributed by atoms with Crippen LogP contribution in [-0.4, -0.2) is 58.7 Å². The van der Waals surface area contributed by atoms with Crippen LogP contribution in [0.4, 0.5) is 0 Å². The number of amides is 3. The van der Waals surface area contributed by atoms with Gasteiger partial charge in [0.25, 0.3) is 5.91 Å². The van der Waals surface area contributed by atoms with Crippen LogP contribution in [0.5, 0.6) is 0 Å². The summed E-state index contributed by atoms with van der Waals surface area (Å²) in [4.78, 5) is 47.0. The summed E-state index contributed by atoms with van der Waals surface area (Å²) in [5.41, 5.74) is 3.65. The number of piperazine rings is 1. The summed E-state index contributed by atoms with van der Waals surface area (Å²) in [5.74, 6) is -0.155. The lowest BCUT2D eigenvalue weighted by Gasteiger charge is -2.32. The predicted octanol–water partition coefficient (Wildman–Crippen LogP) is 4.40. The van der Waals surface area contributed by atoms with Gasteiger partial charge in [-0.05, 0) is 31.7 Å². The monoisotopic (exact) mass is 498 g/mol. The van der Waals surface area contributed by atoms with E-state index < -0.39 is 0 Å². The Morgan fingerprint density at radius 1 is 0.973 bits per heavy atom. The summed E-state index contributed by atoms with van der Waals surface area (Å²) in [6, 6.07) is 17.6. The topological polar surface area (TPSA) is 82.6 Å². The third-order valence-corrected chi connectivity index (χ3v) is 7.83. The van der Waals surface area contributed by atoms with Gasteiger partial charge in [0, 0.05) is 36.1 Å². The number of para-hydroxylation sites is 1. The van der Waals surface area contributed by atoms with Crippen LogP contribution in [0, 0.1) is 5.92 Å². The van der Waals surface area contributed by atoms with Gasteiger partial charge in [0.2, 0.25) is 11.8 Å². The minimum absolute atomic E-state index is 0.0551. The first-order chi connectivity index (χ1) is 17.9. The molecular weight excluding hydrogens is 464 g/mol. The summed E-state index contributed by atoms with van der Waals surface area (Å²) in [7, 11) is 1.51. The van der Waals surface area contributed by atoms with E-state index in [9.17, 15) is 14.4 Å². The number of rotatable bonds is 6. The number of nitrogens with zero attached hydrogens (tertiary/aromatic N) is 3. The van der Waals surface area contributed by atoms with Crippen molar-refractivity contribution in [1.82, 2.24) is 20.1 Å². The third kappa shape index (κ3) is 5.27. The van der Waals surface area contributed by atoms with Crippen LogP contribution in [0.1, 0.15) is 54.9 Å². The van der Waals surface area contributed by atoms with Crippen LogP contribution < -0.4 is 5.32 Å². The first-order valence-corrected chi connectivity index (χ1v) is 13.2. The molecule has 37 heavy (non-hydrogen) atoms. The Labute approximate surface area is 217 Å². The van der Waals surface area contributed by atoms with Crippen molar-refractivity contribution in [1.29, 1.82) is 0 Å². The molecule has 1 aromatic heterocycles. The molecule has 1 aliphatic carbocycles. The van der Waals surface area contributed by atoms with E-state index in [0.717, 1.165) is 34.9 Å². The lowest BCUT2D eigenvalue weighted by molar-refractivity contribution is -0.149. The maximum Gasteiger partial charge on any atom is 0.252 e. The number of pyridine rings is 1. The van der Waals surface area contributed by atoms with E-state index in [0.29, 0.717) is 17.2 Å². The van der Waals surface area contributed by atoms with Gasteiger partial charge in [-0.15, -0.1) is 0 Å². The molecule has 2 aromatic carbocycles. The molecule has 7 heteroatoms. The standard InChI is InChI=1S/C30H34N4O3/c1-20(21-11-5-3-6-12-21)31-30(37)28-23-15-9-10-16-25(23)32-29(22-13-7-4-8-14-22)24(28)17-34-18-26(35)33(2)27(36)19-34/h4,7-10,13-16,20-21H,3,5-6,11-12,17-19H2,1-2H3,(H,31,37)/t20-/m0/s1. The van der Waals surface area contributed by atoms with Crippen molar-refractivity contribution in [2.24, 2.45) is 5.92 Å². The number of likely N-dealkylation sites (N-methyl/N-ethyl adjacent to an activating group) is 1. The van der Waals surface area contributed by atoms with Crippen molar-refractivity contribution in [3.63, 3.8) is 0 Å². The summed E-state index contributed by atoms with van der Waals surface area (Å²) < 4.78 is 0. The fourth-order valence-corrected chi connectivity index (χ4v) is 5.66. The van der Waals surface area contributed by atoms with Gasteiger partial charge in [-0.1, -0.05) is 67.8 Å². The number of carbonyl (C=O) groups is 3. The summed E-state index contributed by atoms with van der Waals surface area (Å²) in [6.45, 7) is 2.60. The van der Waals surface area contributed by atoms with Gasteiger partial charge in [0.1, 0.15) is 0 Å². The van der Waals surface area contributed by atoms with Gasteiger partial charge in [0.05, 0.1) is 29.9 Å². The number of fused-ring (bicyclic) bond motifs is 1. The fraction of sp³-hybridized carbons (Fsp3) is 0.400. The largest absolute Gasteiger partial charge is 0.349 e. The summed E-state index contributed by atoms with van der Waals surface area (Å²) in [5, 5.41) is 4.09. The van der Waals surface area contributed by atoms with E-state index in [1.54, 1.807) is 0 Å². The van der Waals surface area contributed by atoms with Gasteiger partial charge < -0.3 is 5.32 Å². The Hall–Kier alpha value is -3.58. The van der Waals surface area contributed by atoms with Crippen molar-refractivity contribution >= 4 is 28.6 Å². The second-order valence-corrected chi connectivity index (χ2v) is 10.3. The SMILES string of the molecule is C[C@H](NC(=O)c1c(CN2CC(=O)N(C)C(=O)C2)c(-c2ccccc2)nc2ccccc12)C1CCCCC1. The Morgan fingerprint density at radius 2 is 1.62 bits per heavy atom. The van der Waals surface area contributed by atoms with Crippen molar-refractivity contribution in [2.45, 2.75) is 51.6 Å². The maximum atomic E-state index is 14.0. The molecule has 0 unspecified atom stereocenters. The number of carbonyl (C=O) groups excluding carboxylic acids is 3. The highest BCUT2D eigenvalue weighted by Gasteiger charge is 2.31. The third-order valence-electron chi connectivity index (χ3n) is 7.83. The Morgan fingerprint density at radius 3 is 2.32 bits per heavy atom. The van der Waals surface area contributed by atoms with Crippen LogP contribution in [0.2, 0.25) is 0 Å². The summed E-state index contributed by atoms with van der Waals surface area (Å²) >= 11 is 0. The molecule has 192 valence electrons. The number of hydrogen-bond acceptors (Lipinski definition) is 5. The van der Waals surface area contributed by atoms with Crippen molar-refractivity contribution < 1.29 is 14.4 Å². The smallest absolute Gasteiger partial charge is 0.252 e. The molecule has 3 aromatic rings. The molecule has 0 bridgehead atoms. The number of aromatic nitrogens is 1. The van der Waals surface area contributed by atoms with Crippen LogP contribution in [0.3, 0.4) is 0 Å². The van der Waals surface area contributed by atoms with Gasteiger partial charge in [-0.3, -0.25) is 24.2 Å². The van der Waals surface area contributed by atoms with Crippen LogP contribution in [0.15, 0.2) is 54.6 Å². The molecule has 1 saturated heterocycles. The van der Waals surface area contributed by atoms with Crippen molar-refractivity contribution in [3.05, 3.63) is 65.7 Å². The van der Waals surface area contributed by atoms with Crippen LogP contribution >= 0.6 is 0 Å². The van der Waals surface area contributed by atoms with Gasteiger partial charge in [0.15, 0.2) is 0 Å². The highest BCUT2D eigenvalue weighted by atomic mass is 16.2. The van der Waals surface area contributed by atoms with Gasteiger partial charge in [-0.25, -0.2) is 4.98 Å². The molecule has 2 fully saturated rings. The molecule has 3 amide bonds. The molecule has 1 aliphatic heterocycles. The van der Waals surface area contributed by atoms with Gasteiger partial charge in [-0.2, -0.15) is 0 Å². The fourth-order valence-electron chi connectivity index (χ4n) is 5.66. The number of imide groups is 1. The Balaban J connectivity index is 1.61. The number of benzene rings is 2. The number of hydrogen-bond donors (Lipinski definition) is 1. The zero-order valence-electron chi connectivity index (χ0n) is 21.6. The minimum Gasteiger partial charge on any atom is -0.349 e. The molecule has 0 spiro atoms. The van der Waals surface area contributed by atoms with Crippen molar-refractivity contribution in [3.8, 4) is 11.3 Å². The zero-order chi connectivity index (χ0) is 25.9. The minimum atomic E-state index is -0.247. The van der Waals surface area contributed by atoms with E-state index in [4.69, 9.17) is 4.98 Å². The molecule has 2 heterocycles. The van der Waals surface area contributed by atoms with Gasteiger partial charge >= 0.3 is 0 Å². The average molecular weight is 499 g/mol. The average Bonchev–Trinajstić information content (AvgIpc) is 2.92.